The Morgan fingerprint density at radius 2 is 1.90 bits per heavy atom. The molecule has 0 saturated carbocycles. The maximum atomic E-state index is 12.2. The number of nitrogens with zero attached hydrogens (tertiary/aromatic N) is 2. The van der Waals surface area contributed by atoms with Crippen LogP contribution in [0.4, 0.5) is 5.69 Å². The Morgan fingerprint density at radius 3 is 2.62 bits per heavy atom. The number of nitro groups is 1. The summed E-state index contributed by atoms with van der Waals surface area (Å²) in [4.78, 5) is 26.6. The number of nitro benzene ring substituents is 1. The third kappa shape index (κ3) is 3.70. The summed E-state index contributed by atoms with van der Waals surface area (Å²) >= 11 is 0. The zero-order valence-electron chi connectivity index (χ0n) is 15.7. The van der Waals surface area contributed by atoms with Gasteiger partial charge in [0.2, 0.25) is 5.90 Å². The SMILES string of the molecule is Cc1cccc(C2=NC(=O)/C(=C/c3ccc(-c4ccc([N+](=O)[O-])cc4C)o3)O2)c1. The first-order chi connectivity index (χ1) is 13.9. The first kappa shape index (κ1) is 18.4. The summed E-state index contributed by atoms with van der Waals surface area (Å²) in [6.07, 6.45) is 1.48. The number of aryl methyl sites for hydroxylation is 2. The quantitative estimate of drug-likeness (QED) is 0.363. The molecule has 4 rings (SSSR count). The van der Waals surface area contributed by atoms with Crippen molar-refractivity contribution < 1.29 is 18.9 Å². The lowest BCUT2D eigenvalue weighted by atomic mass is 10.1. The molecule has 0 atom stereocenters. The highest BCUT2D eigenvalue weighted by Gasteiger charge is 2.24. The van der Waals surface area contributed by atoms with Crippen LogP contribution < -0.4 is 0 Å². The number of hydrogen-bond acceptors (Lipinski definition) is 5. The molecule has 1 aromatic heterocycles. The van der Waals surface area contributed by atoms with Gasteiger partial charge in [0.1, 0.15) is 11.5 Å². The number of hydrogen-bond donors (Lipinski definition) is 0. The Bertz CT molecular complexity index is 1200. The molecule has 0 spiro atoms. The van der Waals surface area contributed by atoms with Crippen LogP contribution in [0.3, 0.4) is 0 Å². The Hall–Kier alpha value is -4.00. The molecule has 144 valence electrons. The number of carbonyl (C=O) groups excluding carboxylic acids is 1. The van der Waals surface area contributed by atoms with Gasteiger partial charge < -0.3 is 9.15 Å². The molecule has 0 aliphatic carbocycles. The van der Waals surface area contributed by atoms with Gasteiger partial charge in [-0.2, -0.15) is 4.99 Å². The van der Waals surface area contributed by atoms with E-state index in [4.69, 9.17) is 9.15 Å². The number of carbonyl (C=O) groups is 1. The lowest BCUT2D eigenvalue weighted by Crippen LogP contribution is -2.00. The molecule has 0 fully saturated rings. The number of aliphatic imine (C=N–C) groups is 1. The van der Waals surface area contributed by atoms with Gasteiger partial charge in [-0.15, -0.1) is 0 Å². The summed E-state index contributed by atoms with van der Waals surface area (Å²) in [5.41, 5.74) is 3.23. The van der Waals surface area contributed by atoms with E-state index in [2.05, 4.69) is 4.99 Å². The second kappa shape index (κ2) is 7.20. The maximum Gasteiger partial charge on any atom is 0.316 e. The average molecular weight is 388 g/mol. The van der Waals surface area contributed by atoms with Crippen LogP contribution in [0.2, 0.25) is 0 Å². The largest absolute Gasteiger partial charge is 0.457 e. The number of rotatable bonds is 4. The molecular formula is C22H16N2O5. The van der Waals surface area contributed by atoms with Gasteiger partial charge in [-0.25, -0.2) is 0 Å². The second-order valence-electron chi connectivity index (χ2n) is 6.66. The van der Waals surface area contributed by atoms with Crippen LogP contribution in [0.15, 0.2) is 69.8 Å². The van der Waals surface area contributed by atoms with Crippen LogP contribution >= 0.6 is 0 Å². The Labute approximate surface area is 166 Å². The summed E-state index contributed by atoms with van der Waals surface area (Å²) in [7, 11) is 0. The summed E-state index contributed by atoms with van der Waals surface area (Å²) in [6.45, 7) is 3.72. The molecule has 2 heterocycles. The van der Waals surface area contributed by atoms with E-state index in [0.29, 0.717) is 17.1 Å². The van der Waals surface area contributed by atoms with Crippen molar-refractivity contribution in [3.05, 3.63) is 92.9 Å². The first-order valence-electron chi connectivity index (χ1n) is 8.85. The van der Waals surface area contributed by atoms with E-state index >= 15 is 0 Å². The zero-order chi connectivity index (χ0) is 20.5. The molecule has 0 N–H and O–H groups in total. The van der Waals surface area contributed by atoms with Gasteiger partial charge >= 0.3 is 5.91 Å². The van der Waals surface area contributed by atoms with Gasteiger partial charge in [-0.05, 0) is 49.7 Å². The molecule has 1 amide bonds. The van der Waals surface area contributed by atoms with Crippen molar-refractivity contribution in [2.75, 3.05) is 0 Å². The predicted molar refractivity (Wildman–Crippen MR) is 107 cm³/mol. The number of furan rings is 1. The fraction of sp³-hybridized carbons (Fsp3) is 0.0909. The molecule has 0 bridgehead atoms. The van der Waals surface area contributed by atoms with Crippen molar-refractivity contribution in [3.8, 4) is 11.3 Å². The van der Waals surface area contributed by atoms with Gasteiger partial charge in [0.05, 0.1) is 4.92 Å². The van der Waals surface area contributed by atoms with E-state index in [-0.39, 0.29) is 17.3 Å². The average Bonchev–Trinajstić information content (AvgIpc) is 3.29. The van der Waals surface area contributed by atoms with Crippen molar-refractivity contribution in [1.29, 1.82) is 0 Å². The monoisotopic (exact) mass is 388 g/mol. The fourth-order valence-electron chi connectivity index (χ4n) is 3.05. The molecule has 3 aromatic rings. The Kier molecular flexibility index (Phi) is 4.56. The summed E-state index contributed by atoms with van der Waals surface area (Å²) < 4.78 is 11.4. The maximum absolute atomic E-state index is 12.2. The first-order valence-corrected chi connectivity index (χ1v) is 8.85. The van der Waals surface area contributed by atoms with Gasteiger partial charge in [-0.1, -0.05) is 17.7 Å². The van der Waals surface area contributed by atoms with Crippen LogP contribution in [0.5, 0.6) is 0 Å². The van der Waals surface area contributed by atoms with Crippen molar-refractivity contribution in [3.63, 3.8) is 0 Å². The van der Waals surface area contributed by atoms with E-state index < -0.39 is 10.8 Å². The minimum absolute atomic E-state index is 0.0194. The molecule has 0 unspecified atom stereocenters. The third-order valence-corrected chi connectivity index (χ3v) is 4.47. The molecule has 1 aliphatic heterocycles. The molecule has 29 heavy (non-hydrogen) atoms. The van der Waals surface area contributed by atoms with Gasteiger partial charge in [0.15, 0.2) is 5.76 Å². The number of amides is 1. The molecular weight excluding hydrogens is 372 g/mol. The fourth-order valence-corrected chi connectivity index (χ4v) is 3.05. The topological polar surface area (TPSA) is 94.9 Å². The van der Waals surface area contributed by atoms with Crippen LogP contribution in [0, 0.1) is 24.0 Å². The molecule has 0 radical (unpaired) electrons. The molecule has 7 heteroatoms. The third-order valence-electron chi connectivity index (χ3n) is 4.47. The standard InChI is InChI=1S/C22H16N2O5/c1-13-4-3-5-15(10-13)22-23-21(25)20(29-22)12-17-7-9-19(28-17)18-8-6-16(24(26)27)11-14(18)2/h3-12H,1-2H3/b20-12-. The highest BCUT2D eigenvalue weighted by Crippen LogP contribution is 2.29. The van der Waals surface area contributed by atoms with Crippen LogP contribution in [-0.2, 0) is 9.53 Å². The highest BCUT2D eigenvalue weighted by atomic mass is 16.6. The second-order valence-corrected chi connectivity index (χ2v) is 6.66. The smallest absolute Gasteiger partial charge is 0.316 e. The van der Waals surface area contributed by atoms with Crippen LogP contribution in [0.25, 0.3) is 17.4 Å². The van der Waals surface area contributed by atoms with Gasteiger partial charge in [0, 0.05) is 29.3 Å². The van der Waals surface area contributed by atoms with E-state index in [0.717, 1.165) is 16.7 Å². The van der Waals surface area contributed by atoms with Crippen molar-refractivity contribution in [2.45, 2.75) is 13.8 Å². The van der Waals surface area contributed by atoms with Crippen molar-refractivity contribution in [1.82, 2.24) is 0 Å². The summed E-state index contributed by atoms with van der Waals surface area (Å²) in [5.74, 6) is 0.799. The molecule has 7 nitrogen and oxygen atoms in total. The highest BCUT2D eigenvalue weighted by molar-refractivity contribution is 6.14. The molecule has 1 aliphatic rings. The minimum atomic E-state index is -0.481. The Morgan fingerprint density at radius 1 is 1.07 bits per heavy atom. The number of ether oxygens (including phenoxy) is 1. The Balaban J connectivity index is 1.57. The number of non-ortho nitro benzene ring substituents is 1. The van der Waals surface area contributed by atoms with E-state index in [1.54, 1.807) is 25.1 Å². The van der Waals surface area contributed by atoms with E-state index in [9.17, 15) is 14.9 Å². The van der Waals surface area contributed by atoms with Gasteiger partial charge in [0.25, 0.3) is 5.69 Å². The van der Waals surface area contributed by atoms with E-state index in [1.165, 1.54) is 18.2 Å². The van der Waals surface area contributed by atoms with E-state index in [1.807, 2.05) is 31.2 Å². The summed E-state index contributed by atoms with van der Waals surface area (Å²) in [5, 5.41) is 10.9. The number of benzene rings is 2. The van der Waals surface area contributed by atoms with Crippen LogP contribution in [0.1, 0.15) is 22.5 Å². The normalized spacial score (nSPS) is 14.8. The summed E-state index contributed by atoms with van der Waals surface area (Å²) in [6, 6.07) is 15.5. The van der Waals surface area contributed by atoms with Crippen molar-refractivity contribution >= 4 is 23.6 Å². The lowest BCUT2D eigenvalue weighted by Gasteiger charge is -2.03. The molecule has 0 saturated heterocycles. The van der Waals surface area contributed by atoms with Crippen LogP contribution in [-0.4, -0.2) is 16.7 Å². The zero-order valence-corrected chi connectivity index (χ0v) is 15.7. The van der Waals surface area contributed by atoms with Crippen molar-refractivity contribution in [2.24, 2.45) is 4.99 Å². The molecule has 2 aromatic carbocycles. The minimum Gasteiger partial charge on any atom is -0.457 e. The van der Waals surface area contributed by atoms with Gasteiger partial charge in [-0.3, -0.25) is 14.9 Å². The lowest BCUT2D eigenvalue weighted by molar-refractivity contribution is -0.384. The predicted octanol–water partition coefficient (Wildman–Crippen LogP) is 4.82.